The second-order valence-corrected chi connectivity index (χ2v) is 6.86. The predicted octanol–water partition coefficient (Wildman–Crippen LogP) is 2.67. The molecular formula is C16H19FN2O2S. The standard InChI is InChI=1S/C16H19FN2O2S/c1-12(13-7-9-15(10-8-13)22(18,20)21)19(2)11-14-5-3-4-6-16(14)17/h3-10,12H,11H2,1-2H3,(H2,18,20,21)/t12-/m1/s1. The highest BCUT2D eigenvalue weighted by molar-refractivity contribution is 7.89. The third-order valence-corrected chi connectivity index (χ3v) is 4.66. The van der Waals surface area contributed by atoms with Gasteiger partial charge in [0.2, 0.25) is 10.0 Å². The molecule has 0 aromatic heterocycles. The number of hydrogen-bond acceptors (Lipinski definition) is 3. The summed E-state index contributed by atoms with van der Waals surface area (Å²) >= 11 is 0. The zero-order valence-corrected chi connectivity index (χ0v) is 13.3. The molecule has 22 heavy (non-hydrogen) atoms. The summed E-state index contributed by atoms with van der Waals surface area (Å²) in [7, 11) is -1.79. The van der Waals surface area contributed by atoms with Gasteiger partial charge in [-0.05, 0) is 37.7 Å². The van der Waals surface area contributed by atoms with Gasteiger partial charge in [-0.1, -0.05) is 30.3 Å². The first-order valence-electron chi connectivity index (χ1n) is 6.85. The molecule has 2 aromatic carbocycles. The summed E-state index contributed by atoms with van der Waals surface area (Å²) in [6, 6.07) is 13.1. The summed E-state index contributed by atoms with van der Waals surface area (Å²) < 4.78 is 36.2. The van der Waals surface area contributed by atoms with Gasteiger partial charge in [-0.2, -0.15) is 0 Å². The molecule has 1 atom stereocenters. The number of benzene rings is 2. The van der Waals surface area contributed by atoms with Crippen molar-refractivity contribution >= 4 is 10.0 Å². The summed E-state index contributed by atoms with van der Waals surface area (Å²) in [5.41, 5.74) is 1.56. The molecule has 0 unspecified atom stereocenters. The molecule has 0 bridgehead atoms. The van der Waals surface area contributed by atoms with Crippen LogP contribution in [0.1, 0.15) is 24.1 Å². The zero-order valence-electron chi connectivity index (χ0n) is 12.5. The predicted molar refractivity (Wildman–Crippen MR) is 84.1 cm³/mol. The van der Waals surface area contributed by atoms with E-state index in [0.29, 0.717) is 12.1 Å². The Hall–Kier alpha value is -1.76. The third kappa shape index (κ3) is 3.91. The summed E-state index contributed by atoms with van der Waals surface area (Å²) in [5.74, 6) is -0.230. The second kappa shape index (κ2) is 6.56. The van der Waals surface area contributed by atoms with Gasteiger partial charge in [-0.25, -0.2) is 17.9 Å². The number of nitrogens with zero attached hydrogens (tertiary/aromatic N) is 1. The molecule has 0 saturated heterocycles. The van der Waals surface area contributed by atoms with Crippen molar-refractivity contribution < 1.29 is 12.8 Å². The lowest BCUT2D eigenvalue weighted by molar-refractivity contribution is 0.249. The minimum Gasteiger partial charge on any atom is -0.295 e. The Morgan fingerprint density at radius 2 is 1.73 bits per heavy atom. The van der Waals surface area contributed by atoms with Crippen molar-refractivity contribution in [3.8, 4) is 0 Å². The largest absolute Gasteiger partial charge is 0.295 e. The minimum absolute atomic E-state index is 0.00846. The SMILES string of the molecule is C[C@H](c1ccc(S(N)(=O)=O)cc1)N(C)Cc1ccccc1F. The van der Waals surface area contributed by atoms with E-state index in [-0.39, 0.29) is 16.8 Å². The normalized spacial score (nSPS) is 13.3. The van der Waals surface area contributed by atoms with Crippen molar-refractivity contribution in [2.45, 2.75) is 24.4 Å². The van der Waals surface area contributed by atoms with Crippen LogP contribution in [0.25, 0.3) is 0 Å². The maximum atomic E-state index is 13.7. The lowest BCUT2D eigenvalue weighted by Crippen LogP contribution is -2.22. The molecule has 0 aliphatic rings. The van der Waals surface area contributed by atoms with Crippen molar-refractivity contribution in [2.24, 2.45) is 5.14 Å². The van der Waals surface area contributed by atoms with E-state index < -0.39 is 10.0 Å². The van der Waals surface area contributed by atoms with Crippen LogP contribution in [0.5, 0.6) is 0 Å². The fourth-order valence-electron chi connectivity index (χ4n) is 2.22. The molecule has 2 rings (SSSR count). The Kier molecular flexibility index (Phi) is 4.95. The first-order chi connectivity index (χ1) is 10.3. The van der Waals surface area contributed by atoms with Crippen LogP contribution < -0.4 is 5.14 Å². The Morgan fingerprint density at radius 1 is 1.14 bits per heavy atom. The molecule has 4 nitrogen and oxygen atoms in total. The number of rotatable bonds is 5. The van der Waals surface area contributed by atoms with Crippen LogP contribution in [0.3, 0.4) is 0 Å². The topological polar surface area (TPSA) is 63.4 Å². The highest BCUT2D eigenvalue weighted by Crippen LogP contribution is 2.22. The first kappa shape index (κ1) is 16.6. The Labute approximate surface area is 130 Å². The fraction of sp³-hybridized carbons (Fsp3) is 0.250. The van der Waals surface area contributed by atoms with E-state index in [1.54, 1.807) is 30.3 Å². The highest BCUT2D eigenvalue weighted by Gasteiger charge is 2.15. The van der Waals surface area contributed by atoms with Crippen LogP contribution in [0, 0.1) is 5.82 Å². The van der Waals surface area contributed by atoms with Gasteiger partial charge < -0.3 is 0 Å². The average molecular weight is 322 g/mol. The zero-order chi connectivity index (χ0) is 16.3. The maximum Gasteiger partial charge on any atom is 0.238 e. The van der Waals surface area contributed by atoms with E-state index in [9.17, 15) is 12.8 Å². The smallest absolute Gasteiger partial charge is 0.238 e. The second-order valence-electron chi connectivity index (χ2n) is 5.30. The van der Waals surface area contributed by atoms with Gasteiger partial charge in [0.1, 0.15) is 5.82 Å². The molecule has 0 aliphatic carbocycles. The molecule has 118 valence electrons. The van der Waals surface area contributed by atoms with Gasteiger partial charge in [-0.15, -0.1) is 0 Å². The lowest BCUT2D eigenvalue weighted by Gasteiger charge is -2.25. The van der Waals surface area contributed by atoms with E-state index in [1.165, 1.54) is 18.2 Å². The Bertz CT molecular complexity index is 745. The van der Waals surface area contributed by atoms with Crippen molar-refractivity contribution in [3.63, 3.8) is 0 Å². The van der Waals surface area contributed by atoms with Gasteiger partial charge in [0, 0.05) is 18.2 Å². The average Bonchev–Trinajstić information content (AvgIpc) is 2.48. The molecule has 2 N–H and O–H groups in total. The molecule has 0 radical (unpaired) electrons. The van der Waals surface area contributed by atoms with E-state index in [2.05, 4.69) is 0 Å². The maximum absolute atomic E-state index is 13.7. The van der Waals surface area contributed by atoms with Gasteiger partial charge in [-0.3, -0.25) is 4.90 Å². The van der Waals surface area contributed by atoms with Crippen LogP contribution in [-0.2, 0) is 16.6 Å². The van der Waals surface area contributed by atoms with E-state index in [1.807, 2.05) is 18.9 Å². The van der Waals surface area contributed by atoms with Crippen LogP contribution in [0.4, 0.5) is 4.39 Å². The number of primary sulfonamides is 1. The molecule has 6 heteroatoms. The fourth-order valence-corrected chi connectivity index (χ4v) is 2.74. The van der Waals surface area contributed by atoms with Crippen molar-refractivity contribution in [3.05, 3.63) is 65.5 Å². The molecule has 0 heterocycles. The molecule has 0 aliphatic heterocycles. The quantitative estimate of drug-likeness (QED) is 0.920. The van der Waals surface area contributed by atoms with Gasteiger partial charge in [0.15, 0.2) is 0 Å². The number of sulfonamides is 1. The Balaban J connectivity index is 2.14. The van der Waals surface area contributed by atoms with Crippen molar-refractivity contribution in [1.29, 1.82) is 0 Å². The molecule has 2 aromatic rings. The van der Waals surface area contributed by atoms with Crippen LogP contribution in [0.15, 0.2) is 53.4 Å². The number of nitrogens with two attached hydrogens (primary N) is 1. The van der Waals surface area contributed by atoms with Crippen LogP contribution in [0.2, 0.25) is 0 Å². The van der Waals surface area contributed by atoms with Gasteiger partial charge in [0.25, 0.3) is 0 Å². The highest BCUT2D eigenvalue weighted by atomic mass is 32.2. The number of hydrogen-bond donors (Lipinski definition) is 1. The minimum atomic E-state index is -3.68. The molecule has 0 amide bonds. The molecule has 0 fully saturated rings. The van der Waals surface area contributed by atoms with E-state index >= 15 is 0 Å². The van der Waals surface area contributed by atoms with Crippen LogP contribution in [-0.4, -0.2) is 20.4 Å². The summed E-state index contributed by atoms with van der Waals surface area (Å²) in [4.78, 5) is 2.07. The summed E-state index contributed by atoms with van der Waals surface area (Å²) in [6.07, 6.45) is 0. The van der Waals surface area contributed by atoms with Crippen LogP contribution >= 0.6 is 0 Å². The monoisotopic (exact) mass is 322 g/mol. The van der Waals surface area contributed by atoms with Gasteiger partial charge in [0.05, 0.1) is 4.90 Å². The van der Waals surface area contributed by atoms with E-state index in [0.717, 1.165) is 5.56 Å². The van der Waals surface area contributed by atoms with Crippen molar-refractivity contribution in [2.75, 3.05) is 7.05 Å². The Morgan fingerprint density at radius 3 is 2.27 bits per heavy atom. The summed E-state index contributed by atoms with van der Waals surface area (Å²) in [5, 5.41) is 5.08. The third-order valence-electron chi connectivity index (χ3n) is 3.73. The molecule has 0 saturated carbocycles. The van der Waals surface area contributed by atoms with E-state index in [4.69, 9.17) is 5.14 Å². The lowest BCUT2D eigenvalue weighted by atomic mass is 10.1. The van der Waals surface area contributed by atoms with Crippen molar-refractivity contribution in [1.82, 2.24) is 4.90 Å². The first-order valence-corrected chi connectivity index (χ1v) is 8.40. The molecule has 0 spiro atoms. The number of halogens is 1. The summed E-state index contributed by atoms with van der Waals surface area (Å²) in [6.45, 7) is 2.44. The molecular weight excluding hydrogens is 303 g/mol. The van der Waals surface area contributed by atoms with Gasteiger partial charge >= 0.3 is 0 Å².